The van der Waals surface area contributed by atoms with Crippen LogP contribution in [0.5, 0.6) is 0 Å². The van der Waals surface area contributed by atoms with Gasteiger partial charge in [0.1, 0.15) is 0 Å². The van der Waals surface area contributed by atoms with Gasteiger partial charge in [0.25, 0.3) is 0 Å². The average Bonchev–Trinajstić information content (AvgIpc) is 3.34. The Morgan fingerprint density at radius 1 is 0.333 bits per heavy atom. The van der Waals surface area contributed by atoms with E-state index in [1.807, 2.05) is 6.92 Å². The predicted molar refractivity (Wildman–Crippen MR) is 288 cm³/mol. The van der Waals surface area contributed by atoms with Crippen molar-refractivity contribution in [3.63, 3.8) is 0 Å². The summed E-state index contributed by atoms with van der Waals surface area (Å²) in [6.07, 6.45) is 4.20. The third-order valence-corrected chi connectivity index (χ3v) is 20.9. The Kier molecular flexibility index (Phi) is 35.7. The molecule has 0 aromatic carbocycles. The molecule has 30 atom stereocenters. The van der Waals surface area contributed by atoms with Crippen molar-refractivity contribution in [3.8, 4) is 0 Å². The minimum absolute atomic E-state index is 0. The van der Waals surface area contributed by atoms with Crippen LogP contribution in [-0.4, -0.2) is 102 Å². The van der Waals surface area contributed by atoms with Crippen LogP contribution >= 0.6 is 0 Å². The molecule has 424 valence electrons. The van der Waals surface area contributed by atoms with E-state index >= 15 is 0 Å². The van der Waals surface area contributed by atoms with Crippen molar-refractivity contribution in [2.24, 2.45) is 107 Å². The van der Waals surface area contributed by atoms with E-state index in [0.717, 1.165) is 31.1 Å². The van der Waals surface area contributed by atoms with Gasteiger partial charge in [0.2, 0.25) is 0 Å². The van der Waals surface area contributed by atoms with Gasteiger partial charge >= 0.3 is 0 Å². The van der Waals surface area contributed by atoms with Crippen LogP contribution in [0.4, 0.5) is 0 Å². The van der Waals surface area contributed by atoms with Crippen LogP contribution in [0, 0.1) is 113 Å². The molecular formula is C60H117O10Y2-. The molecule has 0 aromatic rings. The summed E-state index contributed by atoms with van der Waals surface area (Å²) in [5, 5.41) is 28.0. The van der Waals surface area contributed by atoms with E-state index in [-0.39, 0.29) is 121 Å². The van der Waals surface area contributed by atoms with Crippen molar-refractivity contribution in [2.75, 3.05) is 13.2 Å². The maximum atomic E-state index is 9.55. The van der Waals surface area contributed by atoms with Crippen molar-refractivity contribution in [2.45, 2.75) is 259 Å². The molecule has 0 saturated carbocycles. The zero-order valence-electron chi connectivity index (χ0n) is 50.9. The Labute approximate surface area is 495 Å². The fourth-order valence-corrected chi connectivity index (χ4v) is 12.0. The van der Waals surface area contributed by atoms with Crippen LogP contribution in [-0.2, 0) is 98.6 Å². The van der Waals surface area contributed by atoms with E-state index in [9.17, 15) is 10.2 Å². The molecule has 6 saturated heterocycles. The Balaban J connectivity index is 0.000000902. The van der Waals surface area contributed by atoms with Crippen LogP contribution in [0.1, 0.15) is 185 Å². The van der Waals surface area contributed by atoms with E-state index in [4.69, 9.17) is 38.3 Å². The molecule has 0 bridgehead atoms. The summed E-state index contributed by atoms with van der Waals surface area (Å²) in [6.45, 7) is 57.8. The molecule has 0 amide bonds. The zero-order chi connectivity index (χ0) is 53.8. The molecule has 6 rings (SSSR count). The van der Waals surface area contributed by atoms with Crippen LogP contribution in [0.15, 0.2) is 0 Å². The monoisotopic (exact) mass is 1180 g/mol. The fourth-order valence-electron chi connectivity index (χ4n) is 12.0. The maximum absolute atomic E-state index is 9.55. The first-order chi connectivity index (χ1) is 32.5. The second-order valence-corrected chi connectivity index (χ2v) is 24.5. The molecule has 0 spiro atoms. The third-order valence-electron chi connectivity index (χ3n) is 20.9. The first kappa shape index (κ1) is 73.8. The van der Waals surface area contributed by atoms with E-state index in [1.54, 1.807) is 0 Å². The number of ether oxygens (including phenoxy) is 7. The third kappa shape index (κ3) is 19.8. The van der Waals surface area contributed by atoms with Gasteiger partial charge in [-0.05, 0) is 129 Å². The number of hydrogen-bond donors (Lipinski definition) is 3. The summed E-state index contributed by atoms with van der Waals surface area (Å²) >= 11 is 0. The molecule has 6 fully saturated rings. The minimum Gasteiger partial charge on any atom is -0.394 e. The SMILES string of the molecule is CC1OC(CO)C(C)C(C)C1C.CCC1OC(C)C(C)C(C)C1C.CCC1OC(O)C(C)C(C)C1C.CCC1OC(OCC2OC(C)C(C)C(C)C2C)C(C)C(C)C1C.[CH2-]C1OC(O)C(C)C(C)C1C.[Y].[Y]. The first-order valence-corrected chi connectivity index (χ1v) is 28.9. The molecule has 72 heavy (non-hydrogen) atoms. The second-order valence-electron chi connectivity index (χ2n) is 24.5. The molecule has 6 heterocycles. The summed E-state index contributed by atoms with van der Waals surface area (Å²) in [5.74, 6) is 9.95. The Morgan fingerprint density at radius 3 is 1.03 bits per heavy atom. The fraction of sp³-hybridized carbons (Fsp3) is 0.983. The standard InChI is InChI=1S/C20H38O3.C11H22O.2C10H20O2.C9H17O2.2Y/c1-9-18-14(5)12(3)16(7)20(23-18)21-10-19-15(6)11(2)13(4)17(8)22-19;1-6-11-9(4)7(2)8(3)10(5)12-11;1-6-7(2)9(4)12-10(5-11)8(6)3;1-5-9-7(3)6(2)8(4)10(11)12-9;1-5-6(2)8(4)11-9(10)7(5)3;;/h11-20H,9-10H2,1-8H3;7-11H,6H2,1-5H3;2*6-11H,5H2,1-4H3;5-10H,4H2,1-3H3;;/q;;;;-1;;. The largest absolute Gasteiger partial charge is 0.394 e. The minimum atomic E-state index is -0.622. The van der Waals surface area contributed by atoms with Gasteiger partial charge in [0, 0.05) is 83.2 Å². The number of rotatable bonds is 7. The van der Waals surface area contributed by atoms with Crippen molar-refractivity contribution >= 4 is 0 Å². The van der Waals surface area contributed by atoms with Gasteiger partial charge in [0.15, 0.2) is 18.9 Å². The van der Waals surface area contributed by atoms with Crippen LogP contribution in [0.25, 0.3) is 0 Å². The van der Waals surface area contributed by atoms with Gasteiger partial charge in [0.05, 0.1) is 62.0 Å². The Bertz CT molecular complexity index is 1300. The Hall–Kier alpha value is 1.81. The van der Waals surface area contributed by atoms with E-state index in [2.05, 4.69) is 166 Å². The quantitative estimate of drug-likeness (QED) is 0.212. The summed E-state index contributed by atoms with van der Waals surface area (Å²) < 4.78 is 41.0. The summed E-state index contributed by atoms with van der Waals surface area (Å²) in [7, 11) is 0. The average molecular weight is 1180 g/mol. The predicted octanol–water partition coefficient (Wildman–Crippen LogP) is 13.0. The van der Waals surface area contributed by atoms with E-state index in [1.165, 1.54) is 0 Å². The van der Waals surface area contributed by atoms with Gasteiger partial charge in [-0.25, -0.2) is 0 Å². The van der Waals surface area contributed by atoms with Gasteiger partial charge in [-0.15, -0.1) is 0 Å². The van der Waals surface area contributed by atoms with Gasteiger partial charge < -0.3 is 55.4 Å². The van der Waals surface area contributed by atoms with Gasteiger partial charge in [-0.2, -0.15) is 0 Å². The van der Waals surface area contributed by atoms with E-state index in [0.29, 0.717) is 114 Å². The molecule has 2 radical (unpaired) electrons. The van der Waals surface area contributed by atoms with Crippen LogP contribution in [0.3, 0.4) is 0 Å². The van der Waals surface area contributed by atoms with Crippen molar-refractivity contribution in [1.82, 2.24) is 0 Å². The van der Waals surface area contributed by atoms with Gasteiger partial charge in [-0.3, -0.25) is 0 Å². The molecule has 0 aromatic heterocycles. The number of aliphatic hydroxyl groups excluding tert-OH is 3. The van der Waals surface area contributed by atoms with E-state index < -0.39 is 12.6 Å². The maximum Gasteiger partial charge on any atom is 0.160 e. The van der Waals surface area contributed by atoms with Crippen molar-refractivity contribution in [1.29, 1.82) is 0 Å². The molecule has 12 heteroatoms. The Morgan fingerprint density at radius 2 is 0.625 bits per heavy atom. The molecular weight excluding hydrogens is 1060 g/mol. The first-order valence-electron chi connectivity index (χ1n) is 28.9. The van der Waals surface area contributed by atoms with Gasteiger partial charge in [-0.1, -0.05) is 152 Å². The van der Waals surface area contributed by atoms with Crippen molar-refractivity contribution in [3.05, 3.63) is 6.92 Å². The van der Waals surface area contributed by atoms with Crippen LogP contribution < -0.4 is 0 Å². The number of aliphatic hydroxyl groups is 3. The molecule has 6 aliphatic heterocycles. The summed E-state index contributed by atoms with van der Waals surface area (Å²) in [6, 6.07) is 0. The van der Waals surface area contributed by atoms with Crippen LogP contribution in [0.2, 0.25) is 0 Å². The summed E-state index contributed by atoms with van der Waals surface area (Å²) in [5.41, 5.74) is 0. The smallest absolute Gasteiger partial charge is 0.160 e. The normalized spacial score (nSPS) is 49.2. The molecule has 30 unspecified atom stereocenters. The molecule has 6 aliphatic rings. The number of hydrogen-bond acceptors (Lipinski definition) is 10. The molecule has 3 N–H and O–H groups in total. The molecule has 0 aliphatic carbocycles. The summed E-state index contributed by atoms with van der Waals surface area (Å²) in [4.78, 5) is 0. The second kappa shape index (κ2) is 34.8. The van der Waals surface area contributed by atoms with Crippen molar-refractivity contribution < 1.29 is 114 Å². The molecule has 10 nitrogen and oxygen atoms in total. The topological polar surface area (TPSA) is 125 Å². The zero-order valence-corrected chi connectivity index (χ0v) is 56.6.